The summed E-state index contributed by atoms with van der Waals surface area (Å²) in [6.45, 7) is 1.94. The molecule has 2 aliphatic heterocycles. The molecule has 5 rings (SSSR count). The zero-order valence-corrected chi connectivity index (χ0v) is 18.0. The molecular weight excluding hydrogens is 427 g/mol. The molecule has 4 nitrogen and oxygen atoms in total. The predicted octanol–water partition coefficient (Wildman–Crippen LogP) is 5.65. The lowest BCUT2D eigenvalue weighted by Gasteiger charge is -2.41. The van der Waals surface area contributed by atoms with Gasteiger partial charge < -0.3 is 10.2 Å². The lowest BCUT2D eigenvalue weighted by molar-refractivity contribution is 0.0812. The lowest BCUT2D eigenvalue weighted by Crippen LogP contribution is -2.55. The first-order valence-electron chi connectivity index (χ1n) is 11.1. The van der Waals surface area contributed by atoms with Crippen LogP contribution < -0.4 is 5.32 Å². The van der Waals surface area contributed by atoms with Crippen LogP contribution in [-0.4, -0.2) is 41.0 Å². The maximum absolute atomic E-state index is 13.9. The number of hydrogen-bond acceptors (Lipinski definition) is 2. The molecule has 2 aliphatic rings. The number of nitrogens with zero attached hydrogens (tertiary/aromatic N) is 2. The fraction of sp³-hybridized carbons (Fsp3) is 0.269. The smallest absolute Gasteiger partial charge is 0.321 e. The van der Waals surface area contributed by atoms with Crippen LogP contribution in [0.1, 0.15) is 18.4 Å². The van der Waals surface area contributed by atoms with Crippen molar-refractivity contribution in [2.24, 2.45) is 0 Å². The molecule has 7 heteroatoms. The number of benzene rings is 3. The van der Waals surface area contributed by atoms with Crippen LogP contribution in [0.2, 0.25) is 0 Å². The number of carbonyl (C=O) groups is 1. The maximum atomic E-state index is 13.9. The summed E-state index contributed by atoms with van der Waals surface area (Å²) >= 11 is 0. The second kappa shape index (κ2) is 8.90. The number of para-hydroxylation sites is 1. The summed E-state index contributed by atoms with van der Waals surface area (Å²) < 4.78 is 40.9. The van der Waals surface area contributed by atoms with Gasteiger partial charge >= 0.3 is 6.03 Å². The van der Waals surface area contributed by atoms with Crippen LogP contribution in [0.3, 0.4) is 0 Å². The Morgan fingerprint density at radius 3 is 2.12 bits per heavy atom. The van der Waals surface area contributed by atoms with Gasteiger partial charge in [0.2, 0.25) is 0 Å². The van der Waals surface area contributed by atoms with Gasteiger partial charge in [-0.15, -0.1) is 0 Å². The molecule has 1 N–H and O–H groups in total. The molecular formula is C26H24F3N3O. The highest BCUT2D eigenvalue weighted by Crippen LogP contribution is 2.32. The van der Waals surface area contributed by atoms with E-state index in [0.29, 0.717) is 18.7 Å². The van der Waals surface area contributed by atoms with Crippen molar-refractivity contribution in [2.45, 2.75) is 31.5 Å². The number of piperazine rings is 1. The molecule has 33 heavy (non-hydrogen) atoms. The summed E-state index contributed by atoms with van der Waals surface area (Å²) in [5.41, 5.74) is 2.57. The number of amides is 2. The molecule has 0 radical (unpaired) electrons. The Morgan fingerprint density at radius 1 is 0.848 bits per heavy atom. The van der Waals surface area contributed by atoms with E-state index in [-0.39, 0.29) is 23.8 Å². The summed E-state index contributed by atoms with van der Waals surface area (Å²) in [5, 5.41) is 2.68. The van der Waals surface area contributed by atoms with Crippen molar-refractivity contribution >= 4 is 11.7 Å². The van der Waals surface area contributed by atoms with Gasteiger partial charge in [0.1, 0.15) is 17.5 Å². The third-order valence-corrected chi connectivity index (χ3v) is 6.55. The highest BCUT2D eigenvalue weighted by Gasteiger charge is 2.41. The number of nitrogens with one attached hydrogen (secondary N) is 1. The first kappa shape index (κ1) is 21.5. The third kappa shape index (κ3) is 4.59. The monoisotopic (exact) mass is 451 g/mol. The van der Waals surface area contributed by atoms with Crippen molar-refractivity contribution in [3.05, 3.63) is 89.7 Å². The summed E-state index contributed by atoms with van der Waals surface area (Å²) in [5.74, 6) is -1.64. The van der Waals surface area contributed by atoms with Crippen LogP contribution in [0, 0.1) is 17.5 Å². The van der Waals surface area contributed by atoms with E-state index < -0.39 is 17.5 Å². The molecule has 0 spiro atoms. The number of fused-ring (bicyclic) bond motifs is 2. The molecule has 3 aromatic rings. The van der Waals surface area contributed by atoms with Crippen molar-refractivity contribution < 1.29 is 18.0 Å². The second-order valence-electron chi connectivity index (χ2n) is 8.73. The highest BCUT2D eigenvalue weighted by atomic mass is 19.1. The van der Waals surface area contributed by atoms with Gasteiger partial charge in [-0.2, -0.15) is 0 Å². The molecule has 0 saturated carbocycles. The number of hydrogen-bond donors (Lipinski definition) is 1. The SMILES string of the molecule is O=C(Nc1ccccc1F)N1CC2CCC(C1)N2Cc1ccc(-c2cc(F)cc(F)c2)cc1. The van der Waals surface area contributed by atoms with E-state index in [9.17, 15) is 18.0 Å². The van der Waals surface area contributed by atoms with E-state index in [2.05, 4.69) is 10.2 Å². The summed E-state index contributed by atoms with van der Waals surface area (Å²) in [4.78, 5) is 16.9. The average Bonchev–Trinajstić information content (AvgIpc) is 3.01. The molecule has 2 amide bonds. The first-order chi connectivity index (χ1) is 16.0. The van der Waals surface area contributed by atoms with E-state index >= 15 is 0 Å². The van der Waals surface area contributed by atoms with Gasteiger partial charge in [-0.3, -0.25) is 4.90 Å². The average molecular weight is 451 g/mol. The molecule has 0 aromatic heterocycles. The third-order valence-electron chi connectivity index (χ3n) is 6.55. The van der Waals surface area contributed by atoms with Crippen molar-refractivity contribution in [1.82, 2.24) is 9.80 Å². The Labute approximate surface area is 190 Å². The van der Waals surface area contributed by atoms with Gasteiger partial charge in [0.05, 0.1) is 5.69 Å². The van der Waals surface area contributed by atoms with Crippen LogP contribution in [0.4, 0.5) is 23.7 Å². The minimum atomic E-state index is -0.595. The Kier molecular flexibility index (Phi) is 5.81. The summed E-state index contributed by atoms with van der Waals surface area (Å²) in [6, 6.07) is 17.6. The Bertz CT molecular complexity index is 1130. The quantitative estimate of drug-likeness (QED) is 0.556. The summed E-state index contributed by atoms with van der Waals surface area (Å²) in [7, 11) is 0. The van der Waals surface area contributed by atoms with E-state index in [1.54, 1.807) is 23.1 Å². The second-order valence-corrected chi connectivity index (χ2v) is 8.73. The van der Waals surface area contributed by atoms with Gasteiger partial charge in [-0.1, -0.05) is 36.4 Å². The maximum Gasteiger partial charge on any atom is 0.322 e. The normalized spacial score (nSPS) is 20.2. The zero-order chi connectivity index (χ0) is 22.9. The van der Waals surface area contributed by atoms with Gasteiger partial charge in [0.15, 0.2) is 0 Å². The minimum absolute atomic E-state index is 0.190. The van der Waals surface area contributed by atoms with E-state index in [1.165, 1.54) is 18.2 Å². The fourth-order valence-electron chi connectivity index (χ4n) is 4.91. The Balaban J connectivity index is 1.23. The van der Waals surface area contributed by atoms with Crippen LogP contribution in [0.5, 0.6) is 0 Å². The number of likely N-dealkylation sites (tertiary alicyclic amines) is 1. The Hall–Kier alpha value is -3.32. The number of halogens is 3. The molecule has 2 bridgehead atoms. The number of rotatable bonds is 4. The molecule has 2 saturated heterocycles. The van der Waals surface area contributed by atoms with E-state index in [4.69, 9.17) is 0 Å². The summed E-state index contributed by atoms with van der Waals surface area (Å²) in [6.07, 6.45) is 2.02. The predicted molar refractivity (Wildman–Crippen MR) is 121 cm³/mol. The molecule has 2 unspecified atom stereocenters. The van der Waals surface area contributed by atoms with Crippen molar-refractivity contribution in [3.63, 3.8) is 0 Å². The molecule has 170 valence electrons. The zero-order valence-electron chi connectivity index (χ0n) is 18.0. The molecule has 2 atom stereocenters. The largest absolute Gasteiger partial charge is 0.322 e. The van der Waals surface area contributed by atoms with E-state index in [1.807, 2.05) is 24.3 Å². The van der Waals surface area contributed by atoms with Gasteiger partial charge in [-0.05, 0) is 53.8 Å². The Morgan fingerprint density at radius 2 is 1.48 bits per heavy atom. The van der Waals surface area contributed by atoms with Crippen LogP contribution in [0.25, 0.3) is 11.1 Å². The molecule has 2 heterocycles. The minimum Gasteiger partial charge on any atom is -0.321 e. The molecule has 2 fully saturated rings. The van der Waals surface area contributed by atoms with Crippen molar-refractivity contribution in [2.75, 3.05) is 18.4 Å². The number of carbonyl (C=O) groups excluding carboxylic acids is 1. The van der Waals surface area contributed by atoms with Crippen molar-refractivity contribution in [1.29, 1.82) is 0 Å². The van der Waals surface area contributed by atoms with Gasteiger partial charge in [-0.25, -0.2) is 18.0 Å². The highest BCUT2D eigenvalue weighted by molar-refractivity contribution is 5.89. The van der Waals surface area contributed by atoms with Crippen LogP contribution in [0.15, 0.2) is 66.7 Å². The van der Waals surface area contributed by atoms with Crippen molar-refractivity contribution in [3.8, 4) is 11.1 Å². The van der Waals surface area contributed by atoms with Gasteiger partial charge in [0, 0.05) is 37.8 Å². The van der Waals surface area contributed by atoms with Crippen LogP contribution in [-0.2, 0) is 6.54 Å². The van der Waals surface area contributed by atoms with Gasteiger partial charge in [0.25, 0.3) is 0 Å². The first-order valence-corrected chi connectivity index (χ1v) is 11.1. The topological polar surface area (TPSA) is 35.6 Å². The molecule has 3 aromatic carbocycles. The standard InChI is InChI=1S/C26H24F3N3O/c27-20-11-19(12-21(28)13-20)18-7-5-17(6-8-18)14-32-22-9-10-23(32)16-31(15-22)26(33)30-25-4-2-1-3-24(25)29/h1-8,11-13,22-23H,9-10,14-16H2,(H,30,33). The molecule has 0 aliphatic carbocycles. The fourth-order valence-corrected chi connectivity index (χ4v) is 4.91. The van der Waals surface area contributed by atoms with Crippen LogP contribution >= 0.6 is 0 Å². The number of urea groups is 1. The number of anilines is 1. The van der Waals surface area contributed by atoms with E-state index in [0.717, 1.165) is 36.6 Å². The lowest BCUT2D eigenvalue weighted by atomic mass is 10.0.